The van der Waals surface area contributed by atoms with Crippen LogP contribution in [0.5, 0.6) is 0 Å². The van der Waals surface area contributed by atoms with E-state index in [2.05, 4.69) is 135 Å². The van der Waals surface area contributed by atoms with Crippen LogP contribution in [0.25, 0.3) is 0 Å². The maximum atomic E-state index is 12.8. The fourth-order valence-corrected chi connectivity index (χ4v) is 8.43. The molecular weight excluding hydrogens is 954 g/mol. The molecule has 0 radical (unpaired) electrons. The van der Waals surface area contributed by atoms with Gasteiger partial charge in [0.15, 0.2) is 6.10 Å². The SMILES string of the molecule is CC/C=C\C/C=C\C/C=C\C/C=C\C/C=C\C/C=C\C/C=C\C/C=C\C/C=C\C/C=C\CCCCCCCCCCC(=O)OC(COC(=O)CCCCCCCCCCCCCC)COP(=O)(O)OCC[N+](C)(C)C. The first-order valence-electron chi connectivity index (χ1n) is 29.8. The number of quaternary nitrogens is 1. The van der Waals surface area contributed by atoms with Gasteiger partial charge in [-0.15, -0.1) is 0 Å². The minimum Gasteiger partial charge on any atom is -0.462 e. The number of hydrogen-bond donors (Lipinski definition) is 1. The van der Waals surface area contributed by atoms with Gasteiger partial charge in [0.1, 0.15) is 19.8 Å². The van der Waals surface area contributed by atoms with Gasteiger partial charge in [-0.1, -0.05) is 245 Å². The van der Waals surface area contributed by atoms with Gasteiger partial charge in [0.05, 0.1) is 27.7 Å². The Kier molecular flexibility index (Phi) is 52.5. The molecule has 75 heavy (non-hydrogen) atoms. The third-order valence-electron chi connectivity index (χ3n) is 12.3. The predicted octanol–water partition coefficient (Wildman–Crippen LogP) is 18.8. The number of likely N-dealkylation sites (N-methyl/N-ethyl adjacent to an activating group) is 1. The Morgan fingerprint density at radius 2 is 0.760 bits per heavy atom. The van der Waals surface area contributed by atoms with Gasteiger partial charge in [-0.3, -0.25) is 18.6 Å². The molecule has 2 atom stereocenters. The zero-order valence-electron chi connectivity index (χ0n) is 48.5. The molecule has 0 fully saturated rings. The molecule has 0 amide bonds. The molecule has 9 nitrogen and oxygen atoms in total. The number of phosphoric ester groups is 1. The molecule has 0 saturated heterocycles. The Labute approximate surface area is 460 Å². The van der Waals surface area contributed by atoms with E-state index in [4.69, 9.17) is 18.5 Å². The maximum absolute atomic E-state index is 12.8. The van der Waals surface area contributed by atoms with Crippen molar-refractivity contribution in [3.63, 3.8) is 0 Å². The molecule has 0 aromatic carbocycles. The van der Waals surface area contributed by atoms with Crippen LogP contribution in [0.2, 0.25) is 0 Å². The van der Waals surface area contributed by atoms with Gasteiger partial charge >= 0.3 is 19.8 Å². The van der Waals surface area contributed by atoms with E-state index in [-0.39, 0.29) is 32.0 Å². The molecule has 0 saturated carbocycles. The zero-order chi connectivity index (χ0) is 54.9. The monoisotopic (exact) mass is 1060 g/mol. The summed E-state index contributed by atoms with van der Waals surface area (Å²) in [5.41, 5.74) is 0. The number of esters is 2. The summed E-state index contributed by atoms with van der Waals surface area (Å²) in [7, 11) is 1.46. The number of carbonyl (C=O) groups is 2. The van der Waals surface area contributed by atoms with Gasteiger partial charge in [0.25, 0.3) is 0 Å². The fourth-order valence-electron chi connectivity index (χ4n) is 7.69. The molecule has 0 rings (SSSR count). The van der Waals surface area contributed by atoms with E-state index in [1.807, 2.05) is 21.1 Å². The van der Waals surface area contributed by atoms with E-state index in [0.29, 0.717) is 17.4 Å². The summed E-state index contributed by atoms with van der Waals surface area (Å²) in [6, 6.07) is 0. The standard InChI is InChI=1S/C65H110NO8P/c1-6-8-10-12-14-16-18-20-21-22-23-24-25-26-27-28-29-30-31-32-33-34-35-36-37-38-39-40-41-42-43-44-45-46-48-50-52-54-56-58-65(68)74-63(62-73-75(69,70)72-60-59-66(3,4)5)61-71-64(67)57-55-53-51-49-47-19-17-15-13-11-9-7-2/h8,10,14,16,20-21,23-24,26-27,29-30,32-33,35-36,38-39,41-42,63H,6-7,9,11-13,15,17-19,22,25,28,31,34,37,40,43-62H2,1-5H3/p+1/b10-8-,16-14-,21-20-,24-23-,27-26-,30-29-,33-32-,36-35-,39-38-,42-41-. The first-order chi connectivity index (χ1) is 36.5. The second-order valence-corrected chi connectivity index (χ2v) is 22.1. The summed E-state index contributed by atoms with van der Waals surface area (Å²) < 4.78 is 34.5. The van der Waals surface area contributed by atoms with Crippen molar-refractivity contribution in [1.82, 2.24) is 0 Å². The van der Waals surface area contributed by atoms with Crippen molar-refractivity contribution in [2.45, 2.75) is 232 Å². The van der Waals surface area contributed by atoms with Crippen LogP contribution in [0.4, 0.5) is 0 Å². The first-order valence-corrected chi connectivity index (χ1v) is 31.3. The van der Waals surface area contributed by atoms with Crippen molar-refractivity contribution in [1.29, 1.82) is 0 Å². The molecule has 2 unspecified atom stereocenters. The average molecular weight is 1070 g/mol. The lowest BCUT2D eigenvalue weighted by atomic mass is 10.0. The molecule has 0 spiro atoms. The smallest absolute Gasteiger partial charge is 0.462 e. The van der Waals surface area contributed by atoms with Crippen LogP contribution in [-0.2, 0) is 32.7 Å². The molecule has 428 valence electrons. The second-order valence-electron chi connectivity index (χ2n) is 20.7. The van der Waals surface area contributed by atoms with E-state index >= 15 is 0 Å². The number of rotatable bonds is 53. The second kappa shape index (κ2) is 55.2. The molecule has 0 aromatic heterocycles. The van der Waals surface area contributed by atoms with Crippen LogP contribution >= 0.6 is 7.82 Å². The van der Waals surface area contributed by atoms with Crippen molar-refractivity contribution in [2.75, 3.05) is 47.5 Å². The van der Waals surface area contributed by atoms with Crippen LogP contribution < -0.4 is 0 Å². The number of hydrogen-bond acceptors (Lipinski definition) is 7. The third kappa shape index (κ3) is 59.5. The summed E-state index contributed by atoms with van der Waals surface area (Å²) in [6.07, 6.45) is 78.5. The highest BCUT2D eigenvalue weighted by Crippen LogP contribution is 2.43. The van der Waals surface area contributed by atoms with E-state index in [0.717, 1.165) is 109 Å². The van der Waals surface area contributed by atoms with E-state index < -0.39 is 26.5 Å². The van der Waals surface area contributed by atoms with E-state index in [9.17, 15) is 19.0 Å². The van der Waals surface area contributed by atoms with Crippen molar-refractivity contribution in [3.8, 4) is 0 Å². The largest absolute Gasteiger partial charge is 0.472 e. The fraction of sp³-hybridized carbons (Fsp3) is 0.662. The van der Waals surface area contributed by atoms with Crippen LogP contribution in [0.3, 0.4) is 0 Å². The molecule has 0 bridgehead atoms. The molecule has 1 N–H and O–H groups in total. The van der Waals surface area contributed by atoms with Crippen LogP contribution in [0.1, 0.15) is 226 Å². The summed E-state index contributed by atoms with van der Waals surface area (Å²) >= 11 is 0. The summed E-state index contributed by atoms with van der Waals surface area (Å²) in [5, 5.41) is 0. The highest BCUT2D eigenvalue weighted by molar-refractivity contribution is 7.47. The number of allylic oxidation sites excluding steroid dienone is 20. The predicted molar refractivity (Wildman–Crippen MR) is 321 cm³/mol. The van der Waals surface area contributed by atoms with Gasteiger partial charge in [-0.25, -0.2) is 4.57 Å². The van der Waals surface area contributed by atoms with Crippen molar-refractivity contribution >= 4 is 19.8 Å². The normalized spacial score (nSPS) is 14.2. The lowest BCUT2D eigenvalue weighted by molar-refractivity contribution is -0.870. The Hall–Kier alpha value is -3.59. The van der Waals surface area contributed by atoms with Gasteiger partial charge < -0.3 is 18.9 Å². The molecule has 0 heterocycles. The molecule has 0 aliphatic heterocycles. The zero-order valence-corrected chi connectivity index (χ0v) is 49.4. The van der Waals surface area contributed by atoms with Gasteiger partial charge in [-0.2, -0.15) is 0 Å². The number of phosphoric acid groups is 1. The molecule has 0 aliphatic carbocycles. The highest BCUT2D eigenvalue weighted by Gasteiger charge is 2.27. The molecule has 0 aromatic rings. The lowest BCUT2D eigenvalue weighted by Crippen LogP contribution is -2.37. The average Bonchev–Trinajstić information content (AvgIpc) is 3.37. The van der Waals surface area contributed by atoms with Crippen molar-refractivity contribution in [3.05, 3.63) is 122 Å². The van der Waals surface area contributed by atoms with Gasteiger partial charge in [0, 0.05) is 12.8 Å². The Morgan fingerprint density at radius 1 is 0.427 bits per heavy atom. The van der Waals surface area contributed by atoms with Crippen molar-refractivity contribution in [2.24, 2.45) is 0 Å². The number of nitrogens with zero attached hydrogens (tertiary/aromatic N) is 1. The lowest BCUT2D eigenvalue weighted by Gasteiger charge is -2.24. The summed E-state index contributed by atoms with van der Waals surface area (Å²) in [5.74, 6) is -0.811. The highest BCUT2D eigenvalue weighted by atomic mass is 31.2. The minimum absolute atomic E-state index is 0.0257. The quantitative estimate of drug-likeness (QED) is 0.0211. The molecule has 0 aliphatic rings. The molecular formula is C65H111NO8P+. The Morgan fingerprint density at radius 3 is 1.13 bits per heavy atom. The summed E-state index contributed by atoms with van der Waals surface area (Å²) in [4.78, 5) is 35.6. The number of unbranched alkanes of at least 4 members (excludes halogenated alkanes) is 19. The Bertz CT molecular complexity index is 1680. The van der Waals surface area contributed by atoms with Crippen LogP contribution in [0, 0.1) is 0 Å². The number of carbonyl (C=O) groups excluding carboxylic acids is 2. The number of ether oxygens (including phenoxy) is 2. The summed E-state index contributed by atoms with van der Waals surface area (Å²) in [6.45, 7) is 4.29. The molecule has 10 heteroatoms. The first kappa shape index (κ1) is 71.4. The minimum atomic E-state index is -4.39. The van der Waals surface area contributed by atoms with Gasteiger partial charge in [0.2, 0.25) is 0 Å². The van der Waals surface area contributed by atoms with E-state index in [1.165, 1.54) is 83.5 Å². The van der Waals surface area contributed by atoms with Gasteiger partial charge in [-0.05, 0) is 89.9 Å². The van der Waals surface area contributed by atoms with Crippen molar-refractivity contribution < 1.29 is 42.1 Å². The maximum Gasteiger partial charge on any atom is 0.472 e. The Balaban J connectivity index is 4.10. The van der Waals surface area contributed by atoms with E-state index in [1.54, 1.807) is 0 Å². The van der Waals surface area contributed by atoms with Crippen LogP contribution in [0.15, 0.2) is 122 Å². The topological polar surface area (TPSA) is 108 Å². The van der Waals surface area contributed by atoms with Crippen LogP contribution in [-0.4, -0.2) is 74.9 Å². The third-order valence-corrected chi connectivity index (χ3v) is 13.2.